The van der Waals surface area contributed by atoms with E-state index in [1.165, 1.54) is 0 Å². The van der Waals surface area contributed by atoms with Crippen molar-refractivity contribution in [1.82, 2.24) is 5.32 Å². The number of fused-ring (bicyclic) bond motifs is 1. The smallest absolute Gasteiger partial charge is 0.249 e. The lowest BCUT2D eigenvalue weighted by Gasteiger charge is -2.38. The summed E-state index contributed by atoms with van der Waals surface area (Å²) < 4.78 is 5.56. The van der Waals surface area contributed by atoms with E-state index in [9.17, 15) is 9.59 Å². The van der Waals surface area contributed by atoms with E-state index in [0.717, 1.165) is 11.4 Å². The number of para-hydroxylation sites is 2. The van der Waals surface area contributed by atoms with Crippen LogP contribution in [-0.2, 0) is 9.59 Å². The summed E-state index contributed by atoms with van der Waals surface area (Å²) in [6, 6.07) is 7.40. The van der Waals surface area contributed by atoms with Crippen molar-refractivity contribution in [1.29, 1.82) is 0 Å². The van der Waals surface area contributed by atoms with Crippen molar-refractivity contribution in [2.75, 3.05) is 18.1 Å². The molecule has 1 N–H and O–H groups in total. The number of nitrogens with one attached hydrogen (secondary N) is 1. The molecular formula is C13H14N2O3. The van der Waals surface area contributed by atoms with Gasteiger partial charge in [-0.2, -0.15) is 0 Å². The first-order valence-electron chi connectivity index (χ1n) is 6.08. The first kappa shape index (κ1) is 11.1. The van der Waals surface area contributed by atoms with E-state index < -0.39 is 0 Å². The lowest BCUT2D eigenvalue weighted by molar-refractivity contribution is -0.134. The predicted octanol–water partition coefficient (Wildman–Crippen LogP) is 0.691. The Morgan fingerprint density at radius 3 is 2.94 bits per heavy atom. The van der Waals surface area contributed by atoms with Gasteiger partial charge in [-0.15, -0.1) is 0 Å². The van der Waals surface area contributed by atoms with E-state index in [0.29, 0.717) is 26.0 Å². The van der Waals surface area contributed by atoms with Gasteiger partial charge in [-0.05, 0) is 18.6 Å². The van der Waals surface area contributed by atoms with Gasteiger partial charge in [0.25, 0.3) is 0 Å². The monoisotopic (exact) mass is 246 g/mol. The zero-order valence-corrected chi connectivity index (χ0v) is 9.89. The van der Waals surface area contributed by atoms with Gasteiger partial charge in [-0.1, -0.05) is 12.1 Å². The minimum atomic E-state index is -0.271. The van der Waals surface area contributed by atoms with Gasteiger partial charge < -0.3 is 9.64 Å². The molecule has 1 aromatic rings. The highest BCUT2D eigenvalue weighted by molar-refractivity contribution is 6.01. The van der Waals surface area contributed by atoms with Crippen LogP contribution in [-0.4, -0.2) is 31.0 Å². The van der Waals surface area contributed by atoms with Crippen LogP contribution < -0.4 is 15.0 Å². The SMILES string of the molecule is O=C1CCC(N2CCOc3ccccc32)C(=O)N1. The molecule has 3 rings (SSSR count). The molecule has 0 bridgehead atoms. The molecule has 0 aromatic heterocycles. The first-order valence-corrected chi connectivity index (χ1v) is 6.08. The Kier molecular flexibility index (Phi) is 2.66. The fraction of sp³-hybridized carbons (Fsp3) is 0.385. The third kappa shape index (κ3) is 1.81. The molecule has 2 heterocycles. The van der Waals surface area contributed by atoms with Crippen LogP contribution in [0.25, 0.3) is 0 Å². The summed E-state index contributed by atoms with van der Waals surface area (Å²) in [5.74, 6) is 0.411. The van der Waals surface area contributed by atoms with Gasteiger partial charge in [-0.3, -0.25) is 14.9 Å². The summed E-state index contributed by atoms with van der Waals surface area (Å²) in [4.78, 5) is 25.1. The van der Waals surface area contributed by atoms with Gasteiger partial charge in [0.2, 0.25) is 11.8 Å². The predicted molar refractivity (Wildman–Crippen MR) is 65.5 cm³/mol. The Hall–Kier alpha value is -2.04. The molecule has 0 spiro atoms. The molecule has 1 fully saturated rings. The lowest BCUT2D eigenvalue weighted by Crippen LogP contribution is -2.54. The van der Waals surface area contributed by atoms with E-state index in [4.69, 9.17) is 4.74 Å². The van der Waals surface area contributed by atoms with Crippen molar-refractivity contribution >= 4 is 17.5 Å². The van der Waals surface area contributed by atoms with E-state index in [2.05, 4.69) is 5.32 Å². The lowest BCUT2D eigenvalue weighted by atomic mass is 10.0. The van der Waals surface area contributed by atoms with Gasteiger partial charge >= 0.3 is 0 Å². The fourth-order valence-electron chi connectivity index (χ4n) is 2.49. The second-order valence-electron chi connectivity index (χ2n) is 4.48. The molecule has 5 heteroatoms. The third-order valence-corrected chi connectivity index (χ3v) is 3.35. The fourth-order valence-corrected chi connectivity index (χ4v) is 2.49. The third-order valence-electron chi connectivity index (χ3n) is 3.35. The highest BCUT2D eigenvalue weighted by Gasteiger charge is 2.34. The molecule has 0 radical (unpaired) electrons. The number of nitrogens with zero attached hydrogens (tertiary/aromatic N) is 1. The minimum absolute atomic E-state index is 0.183. The summed E-state index contributed by atoms with van der Waals surface area (Å²) in [5.41, 5.74) is 0.929. The molecular weight excluding hydrogens is 232 g/mol. The number of imide groups is 1. The largest absolute Gasteiger partial charge is 0.490 e. The van der Waals surface area contributed by atoms with Crippen molar-refractivity contribution < 1.29 is 14.3 Å². The number of benzene rings is 1. The summed E-state index contributed by atoms with van der Waals surface area (Å²) >= 11 is 0. The number of amides is 2. The average Bonchev–Trinajstić information content (AvgIpc) is 2.38. The zero-order chi connectivity index (χ0) is 12.5. The van der Waals surface area contributed by atoms with Crippen LogP contribution in [0.15, 0.2) is 24.3 Å². The number of carbonyl (C=O) groups excluding carboxylic acids is 2. The van der Waals surface area contributed by atoms with Crippen LogP contribution >= 0.6 is 0 Å². The van der Waals surface area contributed by atoms with Crippen LogP contribution in [0.3, 0.4) is 0 Å². The summed E-state index contributed by atoms with van der Waals surface area (Å²) in [5, 5.41) is 2.40. The Morgan fingerprint density at radius 1 is 1.28 bits per heavy atom. The normalized spacial score (nSPS) is 23.1. The zero-order valence-electron chi connectivity index (χ0n) is 9.89. The van der Waals surface area contributed by atoms with E-state index in [1.54, 1.807) is 0 Å². The van der Waals surface area contributed by atoms with Crippen molar-refractivity contribution in [2.24, 2.45) is 0 Å². The standard InChI is InChI=1S/C13H14N2O3/c16-12-6-5-10(13(17)14-12)15-7-8-18-11-4-2-1-3-9(11)15/h1-4,10H,5-8H2,(H,14,16,17). The average molecular weight is 246 g/mol. The molecule has 2 aliphatic rings. The van der Waals surface area contributed by atoms with Crippen molar-refractivity contribution in [2.45, 2.75) is 18.9 Å². The Bertz CT molecular complexity index is 501. The number of hydrogen-bond acceptors (Lipinski definition) is 4. The van der Waals surface area contributed by atoms with Crippen LogP contribution in [0.4, 0.5) is 5.69 Å². The maximum atomic E-state index is 11.9. The van der Waals surface area contributed by atoms with Gasteiger partial charge in [0.15, 0.2) is 0 Å². The molecule has 5 nitrogen and oxygen atoms in total. The highest BCUT2D eigenvalue weighted by atomic mass is 16.5. The van der Waals surface area contributed by atoms with Crippen LogP contribution in [0.2, 0.25) is 0 Å². The van der Waals surface area contributed by atoms with Crippen LogP contribution in [0.5, 0.6) is 5.75 Å². The number of piperidine rings is 1. The number of carbonyl (C=O) groups is 2. The number of rotatable bonds is 1. The van der Waals surface area contributed by atoms with Gasteiger partial charge in [0, 0.05) is 6.42 Å². The van der Waals surface area contributed by atoms with Gasteiger partial charge in [0.1, 0.15) is 18.4 Å². The summed E-state index contributed by atoms with van der Waals surface area (Å²) in [6.45, 7) is 1.23. The molecule has 18 heavy (non-hydrogen) atoms. The maximum absolute atomic E-state index is 11.9. The Labute approximate surface area is 105 Å². The molecule has 0 saturated carbocycles. The molecule has 0 aliphatic carbocycles. The molecule has 94 valence electrons. The quantitative estimate of drug-likeness (QED) is 0.741. The van der Waals surface area contributed by atoms with Gasteiger partial charge in [0.05, 0.1) is 12.2 Å². The topological polar surface area (TPSA) is 58.6 Å². The summed E-state index contributed by atoms with van der Waals surface area (Å²) in [7, 11) is 0. The molecule has 1 atom stereocenters. The van der Waals surface area contributed by atoms with Crippen LogP contribution in [0, 0.1) is 0 Å². The van der Waals surface area contributed by atoms with E-state index >= 15 is 0 Å². The first-order chi connectivity index (χ1) is 8.75. The molecule has 2 aliphatic heterocycles. The number of ether oxygens (including phenoxy) is 1. The summed E-state index contributed by atoms with van der Waals surface area (Å²) in [6.07, 6.45) is 0.967. The highest BCUT2D eigenvalue weighted by Crippen LogP contribution is 2.33. The Balaban J connectivity index is 1.89. The second-order valence-corrected chi connectivity index (χ2v) is 4.48. The van der Waals surface area contributed by atoms with Crippen molar-refractivity contribution in [3.8, 4) is 5.75 Å². The van der Waals surface area contributed by atoms with Crippen molar-refractivity contribution in [3.05, 3.63) is 24.3 Å². The molecule has 1 unspecified atom stereocenters. The number of hydrogen-bond donors (Lipinski definition) is 1. The number of anilines is 1. The Morgan fingerprint density at radius 2 is 2.11 bits per heavy atom. The molecule has 1 aromatic carbocycles. The second kappa shape index (κ2) is 4.33. The van der Waals surface area contributed by atoms with Gasteiger partial charge in [-0.25, -0.2) is 0 Å². The maximum Gasteiger partial charge on any atom is 0.249 e. The van der Waals surface area contributed by atoms with E-state index in [-0.39, 0.29) is 17.9 Å². The van der Waals surface area contributed by atoms with Crippen LogP contribution in [0.1, 0.15) is 12.8 Å². The van der Waals surface area contributed by atoms with E-state index in [1.807, 2.05) is 29.2 Å². The molecule has 1 saturated heterocycles. The minimum Gasteiger partial charge on any atom is -0.490 e. The van der Waals surface area contributed by atoms with Crippen molar-refractivity contribution in [3.63, 3.8) is 0 Å². The molecule has 2 amide bonds.